The summed E-state index contributed by atoms with van der Waals surface area (Å²) in [4.78, 5) is 0. The van der Waals surface area contributed by atoms with Crippen molar-refractivity contribution in [2.75, 3.05) is 0 Å². The minimum absolute atomic E-state index is 0.381. The first-order valence-electron chi connectivity index (χ1n) is 3.90. The first kappa shape index (κ1) is 7.64. The van der Waals surface area contributed by atoms with Crippen LogP contribution in [0.5, 0.6) is 0 Å². The van der Waals surface area contributed by atoms with Gasteiger partial charge < -0.3 is 5.11 Å². The Morgan fingerprint density at radius 1 is 1.60 bits per heavy atom. The van der Waals surface area contributed by atoms with Crippen molar-refractivity contribution in [3.8, 4) is 0 Å². The van der Waals surface area contributed by atoms with Crippen LogP contribution in [-0.4, -0.2) is 5.11 Å². The summed E-state index contributed by atoms with van der Waals surface area (Å²) < 4.78 is 0. The van der Waals surface area contributed by atoms with Crippen LogP contribution < -0.4 is 0 Å². The highest BCUT2D eigenvalue weighted by molar-refractivity contribution is 5.02. The molecule has 1 unspecified atom stereocenters. The lowest BCUT2D eigenvalue weighted by Crippen LogP contribution is -2.24. The van der Waals surface area contributed by atoms with Crippen molar-refractivity contribution in [1.29, 1.82) is 0 Å². The molecule has 1 nitrogen and oxygen atoms in total. The van der Waals surface area contributed by atoms with Gasteiger partial charge in [0.25, 0.3) is 0 Å². The normalized spacial score (nSPS) is 31.5. The highest BCUT2D eigenvalue weighted by Crippen LogP contribution is 2.38. The SMILES string of the molecule is CC1CC(O)=CCC1(C)C. The van der Waals surface area contributed by atoms with E-state index in [1.165, 1.54) is 0 Å². The molecule has 0 fully saturated rings. The molecule has 0 heterocycles. The van der Waals surface area contributed by atoms with Gasteiger partial charge in [-0.15, -0.1) is 0 Å². The number of hydrogen-bond acceptors (Lipinski definition) is 1. The predicted molar refractivity (Wildman–Crippen MR) is 42.9 cm³/mol. The van der Waals surface area contributed by atoms with Crippen molar-refractivity contribution < 1.29 is 5.11 Å². The largest absolute Gasteiger partial charge is 0.513 e. The quantitative estimate of drug-likeness (QED) is 0.548. The molecule has 1 N–H and O–H groups in total. The van der Waals surface area contributed by atoms with E-state index in [1.807, 2.05) is 6.08 Å². The Kier molecular flexibility index (Phi) is 1.76. The predicted octanol–water partition coefficient (Wildman–Crippen LogP) is 2.88. The van der Waals surface area contributed by atoms with Gasteiger partial charge in [0.15, 0.2) is 0 Å². The smallest absolute Gasteiger partial charge is 0.0885 e. The van der Waals surface area contributed by atoms with Crippen molar-refractivity contribution in [2.45, 2.75) is 33.6 Å². The molecule has 0 aliphatic heterocycles. The Morgan fingerprint density at radius 3 is 2.60 bits per heavy atom. The Hall–Kier alpha value is -0.460. The van der Waals surface area contributed by atoms with Crippen molar-refractivity contribution in [3.63, 3.8) is 0 Å². The van der Waals surface area contributed by atoms with Crippen LogP contribution in [-0.2, 0) is 0 Å². The first-order valence-corrected chi connectivity index (χ1v) is 3.90. The molecule has 0 saturated carbocycles. The van der Waals surface area contributed by atoms with Gasteiger partial charge in [0, 0.05) is 6.42 Å². The minimum atomic E-state index is 0.381. The maximum absolute atomic E-state index is 9.17. The molecule has 0 saturated heterocycles. The van der Waals surface area contributed by atoms with Crippen LogP contribution >= 0.6 is 0 Å². The van der Waals surface area contributed by atoms with E-state index >= 15 is 0 Å². The van der Waals surface area contributed by atoms with E-state index in [1.54, 1.807) is 0 Å². The second kappa shape index (κ2) is 2.30. The molecule has 0 aromatic carbocycles. The molecule has 58 valence electrons. The third kappa shape index (κ3) is 1.34. The van der Waals surface area contributed by atoms with Crippen LogP contribution in [0.25, 0.3) is 0 Å². The number of rotatable bonds is 0. The van der Waals surface area contributed by atoms with Crippen LogP contribution in [0.4, 0.5) is 0 Å². The summed E-state index contributed by atoms with van der Waals surface area (Å²) >= 11 is 0. The average Bonchev–Trinajstić information content (AvgIpc) is 1.81. The van der Waals surface area contributed by atoms with Crippen LogP contribution in [0, 0.1) is 11.3 Å². The van der Waals surface area contributed by atoms with E-state index in [0.29, 0.717) is 17.1 Å². The summed E-state index contributed by atoms with van der Waals surface area (Å²) in [6.45, 7) is 6.70. The van der Waals surface area contributed by atoms with Crippen molar-refractivity contribution >= 4 is 0 Å². The van der Waals surface area contributed by atoms with Crippen LogP contribution in [0.2, 0.25) is 0 Å². The Bertz CT molecular complexity index is 156. The van der Waals surface area contributed by atoms with Gasteiger partial charge in [-0.25, -0.2) is 0 Å². The first-order chi connectivity index (χ1) is 4.52. The van der Waals surface area contributed by atoms with Gasteiger partial charge in [-0.3, -0.25) is 0 Å². The summed E-state index contributed by atoms with van der Waals surface area (Å²) in [5.74, 6) is 1.18. The molecular formula is C9H16O. The van der Waals surface area contributed by atoms with Crippen LogP contribution in [0.3, 0.4) is 0 Å². The zero-order chi connectivity index (χ0) is 7.78. The molecule has 1 rings (SSSR count). The van der Waals surface area contributed by atoms with Gasteiger partial charge >= 0.3 is 0 Å². The van der Waals surface area contributed by atoms with Gasteiger partial charge in [-0.05, 0) is 23.8 Å². The standard InChI is InChI=1S/C9H16O/c1-7-6-8(10)4-5-9(7,2)3/h4,7,10H,5-6H2,1-3H3. The molecule has 0 aromatic heterocycles. The Morgan fingerprint density at radius 2 is 2.20 bits per heavy atom. The Balaban J connectivity index is 2.70. The number of aliphatic hydroxyl groups excluding tert-OH is 1. The summed E-state index contributed by atoms with van der Waals surface area (Å²) in [6, 6.07) is 0. The summed E-state index contributed by atoms with van der Waals surface area (Å²) in [7, 11) is 0. The highest BCUT2D eigenvalue weighted by Gasteiger charge is 2.28. The van der Waals surface area contributed by atoms with Crippen LogP contribution in [0.1, 0.15) is 33.6 Å². The second-order valence-corrected chi connectivity index (χ2v) is 3.99. The number of allylic oxidation sites excluding steroid dienone is 2. The van der Waals surface area contributed by atoms with E-state index < -0.39 is 0 Å². The molecule has 0 aromatic rings. The van der Waals surface area contributed by atoms with Gasteiger partial charge in [0.2, 0.25) is 0 Å². The summed E-state index contributed by atoms with van der Waals surface area (Å²) in [5, 5.41) is 9.17. The molecule has 0 spiro atoms. The zero-order valence-corrected chi connectivity index (χ0v) is 7.02. The van der Waals surface area contributed by atoms with E-state index in [0.717, 1.165) is 12.8 Å². The lowest BCUT2D eigenvalue weighted by atomic mass is 9.72. The molecule has 1 aliphatic carbocycles. The summed E-state index contributed by atoms with van der Waals surface area (Å²) in [5.41, 5.74) is 0.381. The van der Waals surface area contributed by atoms with E-state index in [9.17, 15) is 5.11 Å². The molecule has 1 atom stereocenters. The molecule has 0 radical (unpaired) electrons. The maximum atomic E-state index is 9.17. The molecule has 10 heavy (non-hydrogen) atoms. The maximum Gasteiger partial charge on any atom is 0.0885 e. The van der Waals surface area contributed by atoms with Crippen molar-refractivity contribution in [1.82, 2.24) is 0 Å². The van der Waals surface area contributed by atoms with Crippen LogP contribution in [0.15, 0.2) is 11.8 Å². The lowest BCUT2D eigenvalue weighted by molar-refractivity contribution is 0.186. The molecule has 1 heteroatoms. The van der Waals surface area contributed by atoms with Gasteiger partial charge in [-0.2, -0.15) is 0 Å². The average molecular weight is 140 g/mol. The number of aliphatic hydroxyl groups is 1. The fourth-order valence-corrected chi connectivity index (χ4v) is 1.26. The topological polar surface area (TPSA) is 20.2 Å². The fourth-order valence-electron chi connectivity index (χ4n) is 1.26. The highest BCUT2D eigenvalue weighted by atomic mass is 16.3. The van der Waals surface area contributed by atoms with E-state index in [-0.39, 0.29) is 0 Å². The molecule has 1 aliphatic rings. The fraction of sp³-hybridized carbons (Fsp3) is 0.778. The van der Waals surface area contributed by atoms with E-state index in [4.69, 9.17) is 0 Å². The minimum Gasteiger partial charge on any atom is -0.513 e. The van der Waals surface area contributed by atoms with Crippen molar-refractivity contribution in [2.24, 2.45) is 11.3 Å². The third-order valence-electron chi connectivity index (χ3n) is 2.71. The van der Waals surface area contributed by atoms with Crippen molar-refractivity contribution in [3.05, 3.63) is 11.8 Å². The third-order valence-corrected chi connectivity index (χ3v) is 2.71. The van der Waals surface area contributed by atoms with Gasteiger partial charge in [0.1, 0.15) is 0 Å². The molecular weight excluding hydrogens is 124 g/mol. The Labute approximate surface area is 62.8 Å². The van der Waals surface area contributed by atoms with Gasteiger partial charge in [-0.1, -0.05) is 20.8 Å². The number of hydrogen-bond donors (Lipinski definition) is 1. The molecule has 0 bridgehead atoms. The second-order valence-electron chi connectivity index (χ2n) is 3.99. The summed E-state index contributed by atoms with van der Waals surface area (Å²) in [6.07, 6.45) is 3.81. The van der Waals surface area contributed by atoms with E-state index in [2.05, 4.69) is 20.8 Å². The monoisotopic (exact) mass is 140 g/mol. The molecule has 0 amide bonds. The van der Waals surface area contributed by atoms with Gasteiger partial charge in [0.05, 0.1) is 5.76 Å². The zero-order valence-electron chi connectivity index (χ0n) is 7.02. The lowest BCUT2D eigenvalue weighted by Gasteiger charge is -2.34.